The third kappa shape index (κ3) is 3.10. The van der Waals surface area contributed by atoms with E-state index >= 15 is 0 Å². The predicted octanol–water partition coefficient (Wildman–Crippen LogP) is 2.09. The number of thiocarbonyl (C=S) groups is 1. The van der Waals surface area contributed by atoms with E-state index in [0.29, 0.717) is 29.6 Å². The Kier molecular flexibility index (Phi) is 4.60. The average Bonchev–Trinajstić information content (AvgIpc) is 2.79. The maximum absolute atomic E-state index is 11.9. The first-order valence-electron chi connectivity index (χ1n) is 6.79. The highest BCUT2D eigenvalue weighted by Crippen LogP contribution is 2.25. The fourth-order valence-electron chi connectivity index (χ4n) is 2.55. The van der Waals surface area contributed by atoms with Gasteiger partial charge in [0.15, 0.2) is 0 Å². The lowest BCUT2D eigenvalue weighted by Crippen LogP contribution is -2.24. The molecule has 0 saturated carbocycles. The molecule has 1 aliphatic heterocycles. The van der Waals surface area contributed by atoms with E-state index in [1.165, 1.54) is 0 Å². The van der Waals surface area contributed by atoms with Crippen LogP contribution >= 0.6 is 12.2 Å². The molecule has 1 aliphatic rings. The van der Waals surface area contributed by atoms with E-state index in [1.54, 1.807) is 7.11 Å². The van der Waals surface area contributed by atoms with E-state index in [1.807, 2.05) is 23.1 Å². The van der Waals surface area contributed by atoms with Gasteiger partial charge in [-0.05, 0) is 23.6 Å². The number of ether oxygens (including phenoxy) is 1. The molecule has 1 atom stereocenters. The lowest BCUT2D eigenvalue weighted by molar-refractivity contribution is -0.128. The summed E-state index contributed by atoms with van der Waals surface area (Å²) >= 11 is 5.04. The smallest absolute Gasteiger partial charge is 0.223 e. The number of nitrogens with zero attached hydrogens (tertiary/aromatic N) is 1. The molecule has 0 aromatic heterocycles. The molecule has 1 saturated heterocycles. The van der Waals surface area contributed by atoms with Crippen molar-refractivity contribution in [3.05, 3.63) is 29.3 Å². The average molecular weight is 292 g/mol. The largest absolute Gasteiger partial charge is 0.496 e. The van der Waals surface area contributed by atoms with Crippen molar-refractivity contribution in [2.75, 3.05) is 13.7 Å². The van der Waals surface area contributed by atoms with Crippen molar-refractivity contribution >= 4 is 23.1 Å². The van der Waals surface area contributed by atoms with Crippen LogP contribution in [0.3, 0.4) is 0 Å². The molecule has 108 valence electrons. The molecule has 0 bridgehead atoms. The molecular weight excluding hydrogens is 272 g/mol. The van der Waals surface area contributed by atoms with E-state index in [0.717, 1.165) is 24.1 Å². The van der Waals surface area contributed by atoms with Crippen LogP contribution in [0.5, 0.6) is 5.75 Å². The van der Waals surface area contributed by atoms with Crippen LogP contribution in [0.15, 0.2) is 18.2 Å². The van der Waals surface area contributed by atoms with Gasteiger partial charge >= 0.3 is 0 Å². The highest BCUT2D eigenvalue weighted by Gasteiger charge is 2.28. The van der Waals surface area contributed by atoms with Crippen LogP contribution in [0.2, 0.25) is 0 Å². The van der Waals surface area contributed by atoms with E-state index in [-0.39, 0.29) is 5.91 Å². The highest BCUT2D eigenvalue weighted by atomic mass is 32.1. The Bertz CT molecular complexity index is 531. The van der Waals surface area contributed by atoms with Crippen molar-refractivity contribution in [2.24, 2.45) is 11.7 Å². The van der Waals surface area contributed by atoms with E-state index < -0.39 is 0 Å². The standard InChI is InChI=1S/C15H20N2O2S/c1-3-10-7-14(18)17(8-10)9-11-4-5-13(19-2)12(6-11)15(16)20/h4-6,10H,3,7-9H2,1-2H3,(H2,16,20). The van der Waals surface area contributed by atoms with Crippen LogP contribution in [-0.4, -0.2) is 29.5 Å². The second kappa shape index (κ2) is 6.22. The third-order valence-electron chi connectivity index (χ3n) is 3.77. The molecule has 0 spiro atoms. The molecular formula is C15H20N2O2S. The third-order valence-corrected chi connectivity index (χ3v) is 3.99. The van der Waals surface area contributed by atoms with Gasteiger partial charge in [-0.2, -0.15) is 0 Å². The lowest BCUT2D eigenvalue weighted by Gasteiger charge is -2.17. The van der Waals surface area contributed by atoms with Crippen molar-refractivity contribution in [3.63, 3.8) is 0 Å². The minimum absolute atomic E-state index is 0.226. The van der Waals surface area contributed by atoms with Gasteiger partial charge in [0.25, 0.3) is 0 Å². The van der Waals surface area contributed by atoms with Crippen LogP contribution < -0.4 is 10.5 Å². The normalized spacial score (nSPS) is 18.4. The van der Waals surface area contributed by atoms with E-state index in [2.05, 4.69) is 6.92 Å². The van der Waals surface area contributed by atoms with Gasteiger partial charge in [0.05, 0.1) is 12.7 Å². The van der Waals surface area contributed by atoms with Crippen LogP contribution in [0.25, 0.3) is 0 Å². The fraction of sp³-hybridized carbons (Fsp3) is 0.467. The zero-order chi connectivity index (χ0) is 14.7. The number of benzene rings is 1. The lowest BCUT2D eigenvalue weighted by atomic mass is 10.1. The van der Waals surface area contributed by atoms with E-state index in [9.17, 15) is 4.79 Å². The van der Waals surface area contributed by atoms with Gasteiger partial charge in [-0.15, -0.1) is 0 Å². The number of hydrogen-bond donors (Lipinski definition) is 1. The zero-order valence-corrected chi connectivity index (χ0v) is 12.7. The van der Waals surface area contributed by atoms with Gasteiger partial charge in [0, 0.05) is 19.5 Å². The van der Waals surface area contributed by atoms with Gasteiger partial charge in [-0.3, -0.25) is 4.79 Å². The van der Waals surface area contributed by atoms with Crippen molar-refractivity contribution in [3.8, 4) is 5.75 Å². The summed E-state index contributed by atoms with van der Waals surface area (Å²) in [5, 5.41) is 0. The summed E-state index contributed by atoms with van der Waals surface area (Å²) < 4.78 is 5.24. The number of hydrogen-bond acceptors (Lipinski definition) is 3. The summed E-state index contributed by atoms with van der Waals surface area (Å²) in [5.74, 6) is 1.38. The van der Waals surface area contributed by atoms with Crippen molar-refractivity contribution in [1.29, 1.82) is 0 Å². The maximum Gasteiger partial charge on any atom is 0.223 e. The zero-order valence-electron chi connectivity index (χ0n) is 11.9. The number of carbonyl (C=O) groups excluding carboxylic acids is 1. The van der Waals surface area contributed by atoms with Crippen LogP contribution in [0.1, 0.15) is 30.9 Å². The van der Waals surface area contributed by atoms with Gasteiger partial charge < -0.3 is 15.4 Å². The summed E-state index contributed by atoms with van der Waals surface area (Å²) in [7, 11) is 1.59. The number of carbonyl (C=O) groups is 1. The van der Waals surface area contributed by atoms with Crippen molar-refractivity contribution < 1.29 is 9.53 Å². The predicted molar refractivity (Wildman–Crippen MR) is 82.7 cm³/mol. The second-order valence-corrected chi connectivity index (χ2v) is 5.59. The molecule has 5 heteroatoms. The van der Waals surface area contributed by atoms with Gasteiger partial charge in [-0.1, -0.05) is 31.6 Å². The summed E-state index contributed by atoms with van der Waals surface area (Å²) in [5.41, 5.74) is 7.46. The topological polar surface area (TPSA) is 55.6 Å². The molecule has 2 N–H and O–H groups in total. The quantitative estimate of drug-likeness (QED) is 0.844. The van der Waals surface area contributed by atoms with Crippen LogP contribution in [0, 0.1) is 5.92 Å². The van der Waals surface area contributed by atoms with Crippen LogP contribution in [-0.2, 0) is 11.3 Å². The Morgan fingerprint density at radius 3 is 2.85 bits per heavy atom. The molecule has 1 unspecified atom stereocenters. The Hall–Kier alpha value is -1.62. The maximum atomic E-state index is 11.9. The number of amides is 1. The first kappa shape index (κ1) is 14.8. The number of rotatable bonds is 5. The number of nitrogens with two attached hydrogens (primary N) is 1. The molecule has 1 aromatic rings. The molecule has 0 radical (unpaired) electrons. The van der Waals surface area contributed by atoms with Gasteiger partial charge in [-0.25, -0.2) is 0 Å². The van der Waals surface area contributed by atoms with Crippen molar-refractivity contribution in [1.82, 2.24) is 4.90 Å². The monoisotopic (exact) mass is 292 g/mol. The molecule has 1 heterocycles. The molecule has 1 fully saturated rings. The Morgan fingerprint density at radius 1 is 1.55 bits per heavy atom. The first-order chi connectivity index (χ1) is 9.55. The summed E-state index contributed by atoms with van der Waals surface area (Å²) in [6.07, 6.45) is 1.71. The van der Waals surface area contributed by atoms with Gasteiger partial charge in [0.2, 0.25) is 5.91 Å². The second-order valence-electron chi connectivity index (χ2n) is 5.15. The Morgan fingerprint density at radius 2 is 2.30 bits per heavy atom. The Balaban J connectivity index is 2.16. The molecule has 1 aromatic carbocycles. The summed E-state index contributed by atoms with van der Waals surface area (Å²) in [6.45, 7) is 3.57. The fourth-order valence-corrected chi connectivity index (χ4v) is 2.71. The molecule has 4 nitrogen and oxygen atoms in total. The number of likely N-dealkylation sites (tertiary alicyclic amines) is 1. The molecule has 20 heavy (non-hydrogen) atoms. The SMILES string of the molecule is CCC1CC(=O)N(Cc2ccc(OC)c(C(N)=S)c2)C1. The minimum atomic E-state index is 0.226. The van der Waals surface area contributed by atoms with Gasteiger partial charge in [0.1, 0.15) is 10.7 Å². The number of methoxy groups -OCH3 is 1. The van der Waals surface area contributed by atoms with E-state index in [4.69, 9.17) is 22.7 Å². The first-order valence-corrected chi connectivity index (χ1v) is 7.20. The Labute approximate surface area is 124 Å². The van der Waals surface area contributed by atoms with Crippen LogP contribution in [0.4, 0.5) is 0 Å². The summed E-state index contributed by atoms with van der Waals surface area (Å²) in [6, 6.07) is 5.71. The minimum Gasteiger partial charge on any atom is -0.496 e. The summed E-state index contributed by atoms with van der Waals surface area (Å²) in [4.78, 5) is 14.2. The van der Waals surface area contributed by atoms with Crippen molar-refractivity contribution in [2.45, 2.75) is 26.3 Å². The highest BCUT2D eigenvalue weighted by molar-refractivity contribution is 7.80. The molecule has 1 amide bonds. The molecule has 2 rings (SSSR count). The molecule has 0 aliphatic carbocycles.